The van der Waals surface area contributed by atoms with Gasteiger partial charge in [-0.05, 0) is 88.1 Å². The van der Waals surface area contributed by atoms with Gasteiger partial charge in [-0.3, -0.25) is 4.79 Å². The molecule has 1 amide bonds. The quantitative estimate of drug-likeness (QED) is 0.407. The lowest BCUT2D eigenvalue weighted by Crippen LogP contribution is -2.18. The number of hydrogen-bond acceptors (Lipinski definition) is 5. The molecule has 0 unspecified atom stereocenters. The Balaban J connectivity index is 1.84. The van der Waals surface area contributed by atoms with Gasteiger partial charge in [0.2, 0.25) is 0 Å². The number of aromatic nitrogens is 3. The first-order chi connectivity index (χ1) is 16.2. The summed E-state index contributed by atoms with van der Waals surface area (Å²) in [7, 11) is 0. The summed E-state index contributed by atoms with van der Waals surface area (Å²) < 4.78 is 6.69. The number of fused-ring (bicyclic) bond motifs is 1. The number of nitrogens with zero attached hydrogens (tertiary/aromatic N) is 3. The van der Waals surface area contributed by atoms with Gasteiger partial charge in [-0.2, -0.15) is 9.78 Å². The number of ether oxygens (including phenoxy) is 1. The maximum atomic E-state index is 13.1. The van der Waals surface area contributed by atoms with E-state index in [-0.39, 0.29) is 23.9 Å². The van der Waals surface area contributed by atoms with E-state index in [1.54, 1.807) is 13.0 Å². The smallest absolute Gasteiger partial charge is 0.343 e. The summed E-state index contributed by atoms with van der Waals surface area (Å²) in [6, 6.07) is 11.5. The molecule has 1 N–H and O–H groups in total. The van der Waals surface area contributed by atoms with Gasteiger partial charge in [-0.25, -0.2) is 9.78 Å². The molecule has 4 rings (SSSR count). The van der Waals surface area contributed by atoms with Crippen molar-refractivity contribution in [3.8, 4) is 5.82 Å². The number of aryl methyl sites for hydroxylation is 5. The normalized spacial score (nSPS) is 11.0. The molecule has 2 aromatic carbocycles. The minimum Gasteiger partial charge on any atom is -0.462 e. The van der Waals surface area contributed by atoms with Crippen molar-refractivity contribution < 1.29 is 14.3 Å². The molecule has 0 saturated heterocycles. The number of nitrogens with one attached hydrogen (secondary N) is 1. The molecule has 7 heteroatoms. The summed E-state index contributed by atoms with van der Waals surface area (Å²) in [6.45, 7) is 12.0. The number of anilines is 1. The van der Waals surface area contributed by atoms with Gasteiger partial charge >= 0.3 is 5.97 Å². The average Bonchev–Trinajstić information content (AvgIpc) is 3.20. The molecule has 0 spiro atoms. The zero-order valence-corrected chi connectivity index (χ0v) is 20.3. The molecule has 0 aliphatic carbocycles. The second-order valence-electron chi connectivity index (χ2n) is 8.57. The van der Waals surface area contributed by atoms with Crippen LogP contribution < -0.4 is 5.32 Å². The number of pyridine rings is 1. The van der Waals surface area contributed by atoms with E-state index >= 15 is 0 Å². The van der Waals surface area contributed by atoms with Crippen LogP contribution in [0.4, 0.5) is 5.82 Å². The molecule has 2 aromatic heterocycles. The number of amides is 1. The van der Waals surface area contributed by atoms with Crippen LogP contribution in [0.3, 0.4) is 0 Å². The third kappa shape index (κ3) is 4.29. The Labute approximate surface area is 198 Å². The second-order valence-corrected chi connectivity index (χ2v) is 8.57. The molecule has 0 atom stereocenters. The first-order valence-electron chi connectivity index (χ1n) is 11.2. The first-order valence-corrected chi connectivity index (χ1v) is 11.2. The number of carbonyl (C=O) groups excluding carboxylic acids is 2. The van der Waals surface area contributed by atoms with Gasteiger partial charge < -0.3 is 10.1 Å². The Bertz CT molecular complexity index is 1440. The van der Waals surface area contributed by atoms with Gasteiger partial charge in [0.1, 0.15) is 5.56 Å². The molecular weight excluding hydrogens is 428 g/mol. The largest absolute Gasteiger partial charge is 0.462 e. The van der Waals surface area contributed by atoms with E-state index in [0.717, 1.165) is 38.7 Å². The van der Waals surface area contributed by atoms with Crippen LogP contribution in [0.15, 0.2) is 42.6 Å². The van der Waals surface area contributed by atoms with Gasteiger partial charge in [0.15, 0.2) is 11.6 Å². The lowest BCUT2D eigenvalue weighted by atomic mass is 10.0. The Morgan fingerprint density at radius 1 is 0.941 bits per heavy atom. The topological polar surface area (TPSA) is 86.1 Å². The lowest BCUT2D eigenvalue weighted by molar-refractivity contribution is 0.0527. The van der Waals surface area contributed by atoms with Crippen LogP contribution in [0.5, 0.6) is 0 Å². The molecule has 0 saturated carbocycles. The molecular formula is C27H28N4O3. The minimum absolute atomic E-state index is 0.166. The fraction of sp³-hybridized carbons (Fsp3) is 0.259. The molecule has 0 aliphatic heterocycles. The van der Waals surface area contributed by atoms with E-state index in [0.29, 0.717) is 11.4 Å². The second kappa shape index (κ2) is 9.09. The predicted molar refractivity (Wildman–Crippen MR) is 133 cm³/mol. The first kappa shape index (κ1) is 23.2. The highest BCUT2D eigenvalue weighted by Crippen LogP contribution is 2.27. The van der Waals surface area contributed by atoms with E-state index < -0.39 is 5.97 Å². The summed E-state index contributed by atoms with van der Waals surface area (Å²) in [5.41, 5.74) is 6.82. The number of benzene rings is 2. The monoisotopic (exact) mass is 456 g/mol. The average molecular weight is 457 g/mol. The van der Waals surface area contributed by atoms with Crippen molar-refractivity contribution in [2.45, 2.75) is 41.5 Å². The molecule has 7 nitrogen and oxygen atoms in total. The molecule has 0 bridgehead atoms. The SMILES string of the molecule is CCOC(=O)c1cnn(-c2cc(C)c3cc(C)cc(C)c3n2)c1NC(=O)c1ccc(C)c(C)c1. The maximum absolute atomic E-state index is 13.1. The van der Waals surface area contributed by atoms with Crippen molar-refractivity contribution in [3.63, 3.8) is 0 Å². The van der Waals surface area contributed by atoms with Gasteiger partial charge in [-0.1, -0.05) is 17.7 Å². The van der Waals surface area contributed by atoms with Crippen LogP contribution in [-0.4, -0.2) is 33.2 Å². The van der Waals surface area contributed by atoms with Crippen LogP contribution >= 0.6 is 0 Å². The fourth-order valence-corrected chi connectivity index (χ4v) is 4.00. The third-order valence-corrected chi connectivity index (χ3v) is 5.92. The number of rotatable bonds is 5. The van der Waals surface area contributed by atoms with Crippen molar-refractivity contribution in [1.29, 1.82) is 0 Å². The summed E-state index contributed by atoms with van der Waals surface area (Å²) in [5.74, 6) is -0.186. The van der Waals surface area contributed by atoms with Gasteiger partial charge in [0, 0.05) is 10.9 Å². The van der Waals surface area contributed by atoms with Gasteiger partial charge in [0.05, 0.1) is 18.3 Å². The van der Waals surface area contributed by atoms with Gasteiger partial charge in [-0.15, -0.1) is 0 Å². The number of esters is 1. The van der Waals surface area contributed by atoms with Crippen LogP contribution in [-0.2, 0) is 4.74 Å². The van der Waals surface area contributed by atoms with Gasteiger partial charge in [0.25, 0.3) is 5.91 Å². The zero-order chi connectivity index (χ0) is 24.6. The summed E-state index contributed by atoms with van der Waals surface area (Å²) >= 11 is 0. The molecule has 0 radical (unpaired) electrons. The number of carbonyl (C=O) groups is 2. The van der Waals surface area contributed by atoms with Crippen LogP contribution in [0, 0.1) is 34.6 Å². The summed E-state index contributed by atoms with van der Waals surface area (Å²) in [5, 5.41) is 8.33. The van der Waals surface area contributed by atoms with Crippen molar-refractivity contribution in [2.75, 3.05) is 11.9 Å². The van der Waals surface area contributed by atoms with E-state index in [1.165, 1.54) is 10.9 Å². The fourth-order valence-electron chi connectivity index (χ4n) is 4.00. The molecule has 0 aliphatic rings. The Morgan fingerprint density at radius 3 is 2.41 bits per heavy atom. The molecule has 34 heavy (non-hydrogen) atoms. The molecule has 4 aromatic rings. The highest BCUT2D eigenvalue weighted by Gasteiger charge is 2.23. The van der Waals surface area contributed by atoms with Crippen LogP contribution in [0.1, 0.15) is 55.5 Å². The zero-order valence-electron chi connectivity index (χ0n) is 20.3. The molecule has 2 heterocycles. The van der Waals surface area contributed by atoms with Crippen molar-refractivity contribution in [3.05, 3.63) is 81.5 Å². The highest BCUT2D eigenvalue weighted by molar-refractivity contribution is 6.07. The molecule has 0 fully saturated rings. The van der Waals surface area contributed by atoms with Crippen molar-refractivity contribution >= 4 is 28.6 Å². The minimum atomic E-state index is -0.562. The standard InChI is InChI=1S/C27H28N4O3/c1-7-34-27(33)22-14-28-31(25(22)30-26(32)20-9-8-16(3)17(4)12-20)23-13-18(5)21-11-15(2)10-19(6)24(21)29-23/h8-14H,7H2,1-6H3,(H,30,32). The van der Waals surface area contributed by atoms with E-state index in [9.17, 15) is 9.59 Å². The lowest BCUT2D eigenvalue weighted by Gasteiger charge is -2.14. The van der Waals surface area contributed by atoms with Crippen molar-refractivity contribution in [1.82, 2.24) is 14.8 Å². The van der Waals surface area contributed by atoms with E-state index in [4.69, 9.17) is 9.72 Å². The molecule has 174 valence electrons. The summed E-state index contributed by atoms with van der Waals surface area (Å²) in [6.07, 6.45) is 1.40. The third-order valence-electron chi connectivity index (χ3n) is 5.92. The van der Waals surface area contributed by atoms with Crippen LogP contribution in [0.25, 0.3) is 16.7 Å². The maximum Gasteiger partial charge on any atom is 0.343 e. The number of hydrogen-bond donors (Lipinski definition) is 1. The van der Waals surface area contributed by atoms with Crippen molar-refractivity contribution in [2.24, 2.45) is 0 Å². The van der Waals surface area contributed by atoms with Crippen LogP contribution in [0.2, 0.25) is 0 Å². The van der Waals surface area contributed by atoms with E-state index in [1.807, 2.05) is 45.9 Å². The highest BCUT2D eigenvalue weighted by atomic mass is 16.5. The Hall–Kier alpha value is -4.00. The Morgan fingerprint density at radius 2 is 1.71 bits per heavy atom. The predicted octanol–water partition coefficient (Wildman–Crippen LogP) is 5.39. The summed E-state index contributed by atoms with van der Waals surface area (Å²) in [4.78, 5) is 30.6. The van der Waals surface area contributed by atoms with E-state index in [2.05, 4.69) is 29.5 Å². The Kier molecular flexibility index (Phi) is 6.20.